The molecule has 0 bridgehead atoms. The lowest BCUT2D eigenvalue weighted by atomic mass is 9.72. The van der Waals surface area contributed by atoms with Gasteiger partial charge >= 0.3 is 11.9 Å². The molecule has 1 aromatic carbocycles. The van der Waals surface area contributed by atoms with Crippen LogP contribution in [0.4, 0.5) is 13.2 Å². The van der Waals surface area contributed by atoms with Crippen LogP contribution in [0.15, 0.2) is 58.2 Å². The van der Waals surface area contributed by atoms with Gasteiger partial charge in [-0.1, -0.05) is 42.5 Å². The van der Waals surface area contributed by atoms with E-state index in [1.54, 1.807) is 6.07 Å². The number of aromatic nitrogens is 2. The number of halogens is 3. The van der Waals surface area contributed by atoms with Gasteiger partial charge in [-0.25, -0.2) is 4.79 Å². The maximum absolute atomic E-state index is 13.1. The molecular weight excluding hydrogens is 405 g/mol. The van der Waals surface area contributed by atoms with Crippen molar-refractivity contribution >= 4 is 0 Å². The summed E-state index contributed by atoms with van der Waals surface area (Å²) in [6.45, 7) is 0. The molecule has 164 valence electrons. The molecule has 31 heavy (non-hydrogen) atoms. The van der Waals surface area contributed by atoms with Crippen molar-refractivity contribution in [2.75, 3.05) is 0 Å². The SMILES string of the molecule is O=c1[nH]c(C2CCC(C3C=CC=CC3)CC2)c(Cc2cccc(C(F)(F)F)c2)c(=O)[nH]1. The lowest BCUT2D eigenvalue weighted by molar-refractivity contribution is -0.137. The second-order valence-electron chi connectivity index (χ2n) is 8.50. The molecule has 0 saturated heterocycles. The van der Waals surface area contributed by atoms with Crippen LogP contribution in [0.5, 0.6) is 0 Å². The van der Waals surface area contributed by atoms with E-state index >= 15 is 0 Å². The predicted molar refractivity (Wildman–Crippen MR) is 113 cm³/mol. The highest BCUT2D eigenvalue weighted by Gasteiger charge is 2.31. The number of rotatable bonds is 4. The molecule has 1 atom stereocenters. The zero-order valence-corrected chi connectivity index (χ0v) is 17.0. The largest absolute Gasteiger partial charge is 0.416 e. The molecule has 1 saturated carbocycles. The van der Waals surface area contributed by atoms with Crippen molar-refractivity contribution in [1.82, 2.24) is 9.97 Å². The predicted octanol–water partition coefficient (Wildman–Crippen LogP) is 5.08. The fourth-order valence-corrected chi connectivity index (χ4v) is 4.90. The normalized spacial score (nSPS) is 23.8. The van der Waals surface area contributed by atoms with Gasteiger partial charge in [-0.15, -0.1) is 0 Å². The summed E-state index contributed by atoms with van der Waals surface area (Å²) in [5.41, 5.74) is -0.538. The number of allylic oxidation sites excluding steroid dienone is 4. The number of nitrogens with one attached hydrogen (secondary N) is 2. The molecule has 1 unspecified atom stereocenters. The molecule has 7 heteroatoms. The average molecular weight is 430 g/mol. The topological polar surface area (TPSA) is 65.7 Å². The van der Waals surface area contributed by atoms with Crippen LogP contribution in [0, 0.1) is 11.8 Å². The molecule has 0 spiro atoms. The van der Waals surface area contributed by atoms with Gasteiger partial charge < -0.3 is 4.98 Å². The third-order valence-corrected chi connectivity index (χ3v) is 6.51. The molecule has 2 N–H and O–H groups in total. The van der Waals surface area contributed by atoms with Gasteiger partial charge in [-0.3, -0.25) is 9.78 Å². The van der Waals surface area contributed by atoms with Gasteiger partial charge in [0.1, 0.15) is 0 Å². The van der Waals surface area contributed by atoms with Crippen LogP contribution < -0.4 is 11.2 Å². The first-order valence-electron chi connectivity index (χ1n) is 10.7. The van der Waals surface area contributed by atoms with Crippen LogP contribution in [-0.2, 0) is 12.6 Å². The first-order chi connectivity index (χ1) is 14.8. The second kappa shape index (κ2) is 8.73. The highest BCUT2D eigenvalue weighted by atomic mass is 19.4. The van der Waals surface area contributed by atoms with E-state index in [1.165, 1.54) is 6.07 Å². The van der Waals surface area contributed by atoms with Gasteiger partial charge in [-0.2, -0.15) is 13.2 Å². The van der Waals surface area contributed by atoms with E-state index in [0.717, 1.165) is 44.2 Å². The standard InChI is InChI=1S/C24H25F3N2O2/c25-24(26,27)19-8-4-5-15(13-19)14-20-21(28-23(31)29-22(20)30)18-11-9-17(10-12-18)16-6-2-1-3-7-16/h1-6,8,13,16-18H,7,9-12,14H2,(H2,28,29,30,31). The quantitative estimate of drug-likeness (QED) is 0.711. The van der Waals surface area contributed by atoms with E-state index in [2.05, 4.69) is 34.3 Å². The fourth-order valence-electron chi connectivity index (χ4n) is 4.90. The number of aromatic amines is 2. The second-order valence-corrected chi connectivity index (χ2v) is 8.50. The number of H-pyrrole nitrogens is 2. The van der Waals surface area contributed by atoms with Gasteiger partial charge in [0.15, 0.2) is 0 Å². The molecule has 1 aromatic heterocycles. The number of alkyl halides is 3. The zero-order chi connectivity index (χ0) is 22.0. The van der Waals surface area contributed by atoms with Gasteiger partial charge in [0, 0.05) is 17.7 Å². The van der Waals surface area contributed by atoms with E-state index in [9.17, 15) is 22.8 Å². The van der Waals surface area contributed by atoms with E-state index < -0.39 is 23.0 Å². The summed E-state index contributed by atoms with van der Waals surface area (Å²) >= 11 is 0. The molecule has 0 radical (unpaired) electrons. The molecule has 1 heterocycles. The summed E-state index contributed by atoms with van der Waals surface area (Å²) in [4.78, 5) is 29.6. The third-order valence-electron chi connectivity index (χ3n) is 6.51. The molecule has 0 amide bonds. The first kappa shape index (κ1) is 21.4. The van der Waals surface area contributed by atoms with Gasteiger partial charge in [0.05, 0.1) is 5.56 Å². The van der Waals surface area contributed by atoms with Gasteiger partial charge in [0.25, 0.3) is 5.56 Å². The maximum atomic E-state index is 13.1. The molecule has 0 aliphatic heterocycles. The highest BCUT2D eigenvalue weighted by Crippen LogP contribution is 2.40. The summed E-state index contributed by atoms with van der Waals surface area (Å²) in [5.74, 6) is 1.11. The average Bonchev–Trinajstić information content (AvgIpc) is 2.76. The Morgan fingerprint density at radius 2 is 1.77 bits per heavy atom. The summed E-state index contributed by atoms with van der Waals surface area (Å²) < 4.78 is 39.2. The molecule has 1 fully saturated rings. The fraction of sp³-hybridized carbons (Fsp3) is 0.417. The van der Waals surface area contributed by atoms with Crippen molar-refractivity contribution in [3.8, 4) is 0 Å². The highest BCUT2D eigenvalue weighted by molar-refractivity contribution is 5.32. The van der Waals surface area contributed by atoms with Crippen LogP contribution in [-0.4, -0.2) is 9.97 Å². The minimum atomic E-state index is -4.45. The molecule has 2 aliphatic carbocycles. The minimum absolute atomic E-state index is 0.0233. The van der Waals surface area contributed by atoms with Crippen LogP contribution in [0.2, 0.25) is 0 Å². The number of benzene rings is 1. The third kappa shape index (κ3) is 4.92. The van der Waals surface area contributed by atoms with Crippen molar-refractivity contribution in [3.05, 3.63) is 91.8 Å². The lowest BCUT2D eigenvalue weighted by Gasteiger charge is -2.33. The number of hydrogen-bond acceptors (Lipinski definition) is 2. The lowest BCUT2D eigenvalue weighted by Crippen LogP contribution is -2.31. The van der Waals surface area contributed by atoms with Gasteiger partial charge in [0.2, 0.25) is 0 Å². The molecule has 4 rings (SSSR count). The Hall–Kier alpha value is -2.83. The van der Waals surface area contributed by atoms with Crippen LogP contribution in [0.25, 0.3) is 0 Å². The Kier molecular flexibility index (Phi) is 6.03. The summed E-state index contributed by atoms with van der Waals surface area (Å²) in [5, 5.41) is 0. The van der Waals surface area contributed by atoms with Crippen molar-refractivity contribution in [1.29, 1.82) is 0 Å². The Morgan fingerprint density at radius 1 is 1.00 bits per heavy atom. The van der Waals surface area contributed by atoms with Crippen LogP contribution in [0.1, 0.15) is 60.4 Å². The monoisotopic (exact) mass is 430 g/mol. The Bertz CT molecular complexity index is 1100. The van der Waals surface area contributed by atoms with E-state index in [1.807, 2.05) is 0 Å². The molecule has 4 nitrogen and oxygen atoms in total. The van der Waals surface area contributed by atoms with Crippen molar-refractivity contribution in [2.45, 2.75) is 50.6 Å². The van der Waals surface area contributed by atoms with Crippen molar-refractivity contribution in [2.24, 2.45) is 11.8 Å². The smallest absolute Gasteiger partial charge is 0.311 e. The maximum Gasteiger partial charge on any atom is 0.416 e. The zero-order valence-electron chi connectivity index (χ0n) is 17.0. The Morgan fingerprint density at radius 3 is 2.45 bits per heavy atom. The molecular formula is C24H25F3N2O2. The first-order valence-corrected chi connectivity index (χ1v) is 10.7. The van der Waals surface area contributed by atoms with Crippen molar-refractivity contribution in [3.63, 3.8) is 0 Å². The Labute approximate surface area is 177 Å². The summed E-state index contributed by atoms with van der Waals surface area (Å²) in [6.07, 6.45) is 8.87. The Balaban J connectivity index is 1.57. The molecule has 2 aromatic rings. The van der Waals surface area contributed by atoms with Crippen LogP contribution in [0.3, 0.4) is 0 Å². The van der Waals surface area contributed by atoms with E-state index in [-0.39, 0.29) is 12.3 Å². The van der Waals surface area contributed by atoms with E-state index in [4.69, 9.17) is 0 Å². The minimum Gasteiger partial charge on any atom is -0.311 e. The molecule has 2 aliphatic rings. The summed E-state index contributed by atoms with van der Waals surface area (Å²) in [6, 6.07) is 4.99. The van der Waals surface area contributed by atoms with Crippen LogP contribution >= 0.6 is 0 Å². The summed E-state index contributed by atoms with van der Waals surface area (Å²) in [7, 11) is 0. The van der Waals surface area contributed by atoms with Crippen molar-refractivity contribution < 1.29 is 13.2 Å². The number of hydrogen-bond donors (Lipinski definition) is 2. The van der Waals surface area contributed by atoms with E-state index in [0.29, 0.717) is 28.7 Å². The van der Waals surface area contributed by atoms with Gasteiger partial charge in [-0.05, 0) is 61.5 Å².